The molecule has 0 radical (unpaired) electrons. The number of nitrogens with two attached hydrogens (primary N) is 2. The first kappa shape index (κ1) is 33.6. The first-order valence-corrected chi connectivity index (χ1v) is 14.2. The lowest BCUT2D eigenvalue weighted by atomic mass is 10.0. The number of aliphatic carboxylic acids is 1. The number of hydrogen-bond acceptors (Lipinski definition) is 9. The molecule has 0 fully saturated rings. The number of nitrogens with zero attached hydrogens (tertiary/aromatic N) is 1. The lowest BCUT2D eigenvalue weighted by molar-refractivity contribution is -0.192. The molecule has 4 aromatic rings. The van der Waals surface area contributed by atoms with E-state index in [9.17, 15) is 31.2 Å². The first-order valence-electron chi connectivity index (χ1n) is 12.8. The smallest absolute Gasteiger partial charge is 0.475 e. The minimum Gasteiger partial charge on any atom is -0.475 e. The van der Waals surface area contributed by atoms with Gasteiger partial charge < -0.3 is 21.3 Å². The summed E-state index contributed by atoms with van der Waals surface area (Å²) < 4.78 is 63.4. The number of carbonyl (C=O) groups is 3. The number of ether oxygens (including phenoxy) is 1. The van der Waals surface area contributed by atoms with Crippen LogP contribution in [0.3, 0.4) is 0 Å². The van der Waals surface area contributed by atoms with Crippen molar-refractivity contribution in [1.82, 2.24) is 9.71 Å². The fourth-order valence-electron chi connectivity index (χ4n) is 3.85. The van der Waals surface area contributed by atoms with Crippen LogP contribution < -0.4 is 16.2 Å². The fourth-order valence-corrected chi connectivity index (χ4v) is 4.98. The highest BCUT2D eigenvalue weighted by atomic mass is 32.2. The molecular weight excluding hydrogens is 605 g/mol. The van der Waals surface area contributed by atoms with Gasteiger partial charge in [0.25, 0.3) is 0 Å². The third-order valence-electron chi connectivity index (χ3n) is 5.87. The number of pyridine rings is 1. The SMILES string of the molecule is Nc1cc2ccccc2c(CCc2ccc(C(=O)OC(=O)C[C@@H](N)NS(=O)(=O)c3ccccc3)cc2)n1.O=C(O)C(F)(F)F. The topological polar surface area (TPSA) is 192 Å². The fraction of sp³-hybridized carbons (Fsp3) is 0.172. The summed E-state index contributed by atoms with van der Waals surface area (Å²) in [6.07, 6.45) is -5.53. The van der Waals surface area contributed by atoms with E-state index in [-0.39, 0.29) is 10.5 Å². The van der Waals surface area contributed by atoms with E-state index in [1.54, 1.807) is 42.5 Å². The number of carboxylic acids is 1. The normalized spacial score (nSPS) is 12.1. The van der Waals surface area contributed by atoms with Crippen molar-refractivity contribution in [2.45, 2.75) is 36.5 Å². The largest absolute Gasteiger partial charge is 0.490 e. The summed E-state index contributed by atoms with van der Waals surface area (Å²) in [7, 11) is -3.91. The number of benzene rings is 3. The number of carbonyl (C=O) groups excluding carboxylic acids is 2. The van der Waals surface area contributed by atoms with Crippen LogP contribution in [0, 0.1) is 0 Å². The number of aryl methyl sites for hydroxylation is 2. The van der Waals surface area contributed by atoms with Gasteiger partial charge in [0.2, 0.25) is 10.0 Å². The first-order chi connectivity index (χ1) is 20.7. The molecule has 1 atom stereocenters. The van der Waals surface area contributed by atoms with Crippen molar-refractivity contribution >= 4 is 44.5 Å². The molecule has 0 unspecified atom stereocenters. The molecule has 15 heteroatoms. The molecule has 0 aliphatic carbocycles. The molecule has 0 spiro atoms. The zero-order valence-electron chi connectivity index (χ0n) is 22.8. The van der Waals surface area contributed by atoms with Gasteiger partial charge in [-0.05, 0) is 54.1 Å². The number of alkyl halides is 3. The van der Waals surface area contributed by atoms with E-state index in [4.69, 9.17) is 26.1 Å². The Balaban J connectivity index is 0.000000676. The number of carboxylic acid groups (broad SMARTS) is 1. The molecular formula is C29H27F3N4O7S. The molecule has 1 heterocycles. The van der Waals surface area contributed by atoms with Gasteiger partial charge in [-0.1, -0.05) is 54.6 Å². The van der Waals surface area contributed by atoms with Crippen molar-refractivity contribution in [3.05, 3.63) is 102 Å². The minimum absolute atomic E-state index is 0.00897. The van der Waals surface area contributed by atoms with Gasteiger partial charge in [0.15, 0.2) is 0 Å². The second kappa shape index (κ2) is 14.5. The van der Waals surface area contributed by atoms with Crippen LogP contribution in [0.15, 0.2) is 89.8 Å². The number of esters is 2. The van der Waals surface area contributed by atoms with E-state index in [2.05, 4.69) is 9.71 Å². The van der Waals surface area contributed by atoms with Crippen molar-refractivity contribution in [2.75, 3.05) is 5.73 Å². The maximum absolute atomic E-state index is 12.4. The van der Waals surface area contributed by atoms with Crippen LogP contribution in [-0.2, 0) is 37.2 Å². The number of aromatic nitrogens is 1. The summed E-state index contributed by atoms with van der Waals surface area (Å²) in [6.45, 7) is 0. The van der Waals surface area contributed by atoms with Crippen molar-refractivity contribution in [1.29, 1.82) is 0 Å². The maximum Gasteiger partial charge on any atom is 0.490 e. The van der Waals surface area contributed by atoms with Gasteiger partial charge in [-0.3, -0.25) is 4.79 Å². The molecule has 11 nitrogen and oxygen atoms in total. The Labute approximate surface area is 249 Å². The Morgan fingerprint density at radius 2 is 1.52 bits per heavy atom. The lowest BCUT2D eigenvalue weighted by Gasteiger charge is -2.13. The highest BCUT2D eigenvalue weighted by Gasteiger charge is 2.38. The number of nitrogens with one attached hydrogen (secondary N) is 1. The van der Waals surface area contributed by atoms with Crippen LogP contribution in [-0.4, -0.2) is 48.8 Å². The van der Waals surface area contributed by atoms with E-state index < -0.39 is 46.7 Å². The van der Waals surface area contributed by atoms with Gasteiger partial charge >= 0.3 is 24.1 Å². The summed E-state index contributed by atoms with van der Waals surface area (Å²) >= 11 is 0. The van der Waals surface area contributed by atoms with Gasteiger partial charge in [-0.25, -0.2) is 23.0 Å². The molecule has 44 heavy (non-hydrogen) atoms. The number of sulfonamides is 1. The van der Waals surface area contributed by atoms with Crippen molar-refractivity contribution in [3.8, 4) is 0 Å². The molecule has 0 amide bonds. The van der Waals surface area contributed by atoms with Crippen molar-refractivity contribution in [2.24, 2.45) is 5.73 Å². The Morgan fingerprint density at radius 3 is 2.14 bits per heavy atom. The van der Waals surface area contributed by atoms with Crippen LogP contribution in [0.4, 0.5) is 19.0 Å². The number of halogens is 3. The number of rotatable bonds is 9. The molecule has 6 N–H and O–H groups in total. The quantitative estimate of drug-likeness (QED) is 0.120. The Morgan fingerprint density at radius 1 is 0.932 bits per heavy atom. The number of anilines is 1. The average Bonchev–Trinajstić information content (AvgIpc) is 2.96. The van der Waals surface area contributed by atoms with E-state index in [1.807, 2.05) is 30.3 Å². The van der Waals surface area contributed by atoms with E-state index in [0.717, 1.165) is 22.0 Å². The molecule has 232 valence electrons. The highest BCUT2D eigenvalue weighted by Crippen LogP contribution is 2.21. The number of nitrogen functional groups attached to an aromatic ring is 1. The predicted molar refractivity (Wildman–Crippen MR) is 153 cm³/mol. The maximum atomic E-state index is 12.4. The zero-order chi connectivity index (χ0) is 32.5. The van der Waals surface area contributed by atoms with Gasteiger partial charge in [0.05, 0.1) is 28.7 Å². The second-order valence-corrected chi connectivity index (χ2v) is 10.9. The molecule has 0 saturated carbocycles. The van der Waals surface area contributed by atoms with Gasteiger partial charge in [0.1, 0.15) is 5.82 Å². The number of hydrogen-bond donors (Lipinski definition) is 4. The van der Waals surface area contributed by atoms with Crippen molar-refractivity contribution in [3.63, 3.8) is 0 Å². The summed E-state index contributed by atoms with van der Waals surface area (Å²) in [4.78, 5) is 37.9. The van der Waals surface area contributed by atoms with Gasteiger partial charge in [-0.2, -0.15) is 17.9 Å². The second-order valence-electron chi connectivity index (χ2n) is 9.22. The summed E-state index contributed by atoms with van der Waals surface area (Å²) in [5, 5.41) is 9.19. The number of fused-ring (bicyclic) bond motifs is 1. The molecule has 1 aromatic heterocycles. The third kappa shape index (κ3) is 9.86. The molecule has 0 aliphatic heterocycles. The average molecular weight is 633 g/mol. The Hall–Kier alpha value is -4.86. The van der Waals surface area contributed by atoms with E-state index in [0.29, 0.717) is 18.7 Å². The Kier molecular flexibility index (Phi) is 11.1. The Bertz CT molecular complexity index is 1730. The van der Waals surface area contributed by atoms with Crippen LogP contribution in [0.5, 0.6) is 0 Å². The minimum atomic E-state index is -5.08. The molecule has 4 rings (SSSR count). The molecule has 0 saturated heterocycles. The highest BCUT2D eigenvalue weighted by molar-refractivity contribution is 7.89. The van der Waals surface area contributed by atoms with Crippen LogP contribution in [0.1, 0.15) is 28.0 Å². The molecule has 0 bridgehead atoms. The summed E-state index contributed by atoms with van der Waals surface area (Å²) in [5.74, 6) is -4.09. The van der Waals surface area contributed by atoms with Crippen LogP contribution in [0.25, 0.3) is 10.8 Å². The summed E-state index contributed by atoms with van der Waals surface area (Å²) in [5.41, 5.74) is 13.7. The molecule has 3 aromatic carbocycles. The van der Waals surface area contributed by atoms with Gasteiger partial charge in [-0.15, -0.1) is 0 Å². The van der Waals surface area contributed by atoms with Crippen molar-refractivity contribution < 1.29 is 45.8 Å². The zero-order valence-corrected chi connectivity index (χ0v) is 23.6. The van der Waals surface area contributed by atoms with E-state index in [1.165, 1.54) is 12.1 Å². The predicted octanol–water partition coefficient (Wildman–Crippen LogP) is 3.57. The lowest BCUT2D eigenvalue weighted by Crippen LogP contribution is -2.43. The molecule has 0 aliphatic rings. The van der Waals surface area contributed by atoms with Crippen LogP contribution >= 0.6 is 0 Å². The van der Waals surface area contributed by atoms with E-state index >= 15 is 0 Å². The summed E-state index contributed by atoms with van der Waals surface area (Å²) in [6, 6.07) is 24.0. The third-order valence-corrected chi connectivity index (χ3v) is 7.38. The monoisotopic (exact) mass is 632 g/mol. The van der Waals surface area contributed by atoms with Gasteiger partial charge in [0, 0.05) is 5.39 Å². The standard InChI is InChI=1S/C27H26N4O5S.C2HF3O2/c28-24-16-20-6-4-5-9-22(20)23(30-24)15-12-18-10-13-19(14-11-18)27(33)36-26(32)17-25(29)31-37(34,35)21-7-2-1-3-8-21;3-2(4,5)1(6)7/h1-11,13-14,16,25,31H,12,15,17,29H2,(H2,28,30);(H,6,7)/t25-;/m0./s1. The van der Waals surface area contributed by atoms with Crippen LogP contribution in [0.2, 0.25) is 0 Å².